The van der Waals surface area contributed by atoms with E-state index in [1.54, 1.807) is 19.1 Å². The van der Waals surface area contributed by atoms with E-state index in [9.17, 15) is 4.79 Å². The van der Waals surface area contributed by atoms with Gasteiger partial charge < -0.3 is 15.4 Å². The first-order chi connectivity index (χ1) is 14.8. The molecule has 1 atom stereocenters. The second-order valence-electron chi connectivity index (χ2n) is 8.25. The normalized spacial score (nSPS) is 26.4. The van der Waals surface area contributed by atoms with Crippen LogP contribution >= 0.6 is 0 Å². The molecule has 1 heterocycles. The average molecular weight is 424 g/mol. The van der Waals surface area contributed by atoms with Gasteiger partial charge >= 0.3 is 0 Å². The first-order valence-corrected chi connectivity index (χ1v) is 10.7. The third-order valence-electron chi connectivity index (χ3n) is 6.03. The Bertz CT molecular complexity index is 952. The van der Waals surface area contributed by atoms with E-state index in [1.165, 1.54) is 17.2 Å². The van der Waals surface area contributed by atoms with Crippen LogP contribution < -0.4 is 10.6 Å². The highest BCUT2D eigenvalue weighted by atomic mass is 19.1. The molecule has 31 heavy (non-hydrogen) atoms. The standard InChI is InChI=1S/C25H30FN3O2/c1-5-7-18-8-10-19(11-9-18)21-13-12-20(14-22(21)26)29-15-16(3)31-17(4)23(25(29)30)24(27)28-6-2/h1,6,12-14,16,18-19H,4,7-11,15,27H2,2-3H3/b24-23+,28-6-. The number of halogens is 1. The molecular weight excluding hydrogens is 393 g/mol. The van der Waals surface area contributed by atoms with Crippen LogP contribution in [0.2, 0.25) is 0 Å². The van der Waals surface area contributed by atoms with Gasteiger partial charge in [0, 0.05) is 18.3 Å². The van der Waals surface area contributed by atoms with Crippen LogP contribution in [0.1, 0.15) is 57.4 Å². The van der Waals surface area contributed by atoms with Gasteiger partial charge in [-0.1, -0.05) is 12.6 Å². The number of hydrogen-bond donors (Lipinski definition) is 1. The zero-order chi connectivity index (χ0) is 22.5. The van der Waals surface area contributed by atoms with Gasteiger partial charge in [0.2, 0.25) is 0 Å². The third-order valence-corrected chi connectivity index (χ3v) is 6.03. The van der Waals surface area contributed by atoms with Gasteiger partial charge in [0.15, 0.2) is 0 Å². The van der Waals surface area contributed by atoms with Gasteiger partial charge in [0.25, 0.3) is 5.91 Å². The van der Waals surface area contributed by atoms with Crippen LogP contribution in [0.4, 0.5) is 10.1 Å². The van der Waals surface area contributed by atoms with Crippen molar-refractivity contribution in [2.45, 2.75) is 58.0 Å². The Morgan fingerprint density at radius 2 is 2.13 bits per heavy atom. The van der Waals surface area contributed by atoms with Crippen molar-refractivity contribution in [2.24, 2.45) is 16.6 Å². The van der Waals surface area contributed by atoms with Gasteiger partial charge in [0.1, 0.15) is 29.1 Å². The van der Waals surface area contributed by atoms with Gasteiger partial charge in [0.05, 0.1) is 6.54 Å². The van der Waals surface area contributed by atoms with Crippen LogP contribution in [0.5, 0.6) is 0 Å². The molecule has 1 aromatic carbocycles. The lowest BCUT2D eigenvalue weighted by Gasteiger charge is -2.29. The molecule has 1 saturated heterocycles. The SMILES string of the molecule is C#CCC1CCC(c2ccc(N3CC(C)OC(=C)/C(=C(N)\N=C/C)C3=O)cc2F)CC1. The number of benzene rings is 1. The lowest BCUT2D eigenvalue weighted by Crippen LogP contribution is -2.36. The Morgan fingerprint density at radius 3 is 2.74 bits per heavy atom. The summed E-state index contributed by atoms with van der Waals surface area (Å²) in [7, 11) is 0. The van der Waals surface area contributed by atoms with Crippen molar-refractivity contribution in [1.29, 1.82) is 0 Å². The van der Waals surface area contributed by atoms with E-state index in [-0.39, 0.29) is 41.5 Å². The Morgan fingerprint density at radius 1 is 1.42 bits per heavy atom. The number of rotatable bonds is 4. The van der Waals surface area contributed by atoms with Gasteiger partial charge in [-0.25, -0.2) is 9.38 Å². The molecule has 0 bridgehead atoms. The summed E-state index contributed by atoms with van der Waals surface area (Å²) >= 11 is 0. The smallest absolute Gasteiger partial charge is 0.265 e. The molecule has 2 aliphatic rings. The number of nitrogens with two attached hydrogens (primary N) is 1. The number of ether oxygens (including phenoxy) is 1. The van der Waals surface area contributed by atoms with Crippen molar-refractivity contribution in [3.8, 4) is 12.3 Å². The van der Waals surface area contributed by atoms with Crippen LogP contribution in [-0.4, -0.2) is 24.8 Å². The van der Waals surface area contributed by atoms with Crippen molar-refractivity contribution < 1.29 is 13.9 Å². The fourth-order valence-corrected chi connectivity index (χ4v) is 4.47. The molecule has 1 saturated carbocycles. The number of nitrogens with zero attached hydrogens (tertiary/aromatic N) is 2. The molecule has 1 aliphatic heterocycles. The van der Waals surface area contributed by atoms with E-state index in [2.05, 4.69) is 17.5 Å². The predicted octanol–water partition coefficient (Wildman–Crippen LogP) is 4.65. The van der Waals surface area contributed by atoms with E-state index in [0.717, 1.165) is 32.1 Å². The molecule has 6 heteroatoms. The number of amides is 1. The van der Waals surface area contributed by atoms with Crippen molar-refractivity contribution in [3.63, 3.8) is 0 Å². The van der Waals surface area contributed by atoms with E-state index in [1.807, 2.05) is 6.92 Å². The Balaban J connectivity index is 1.87. The van der Waals surface area contributed by atoms with E-state index in [4.69, 9.17) is 16.9 Å². The predicted molar refractivity (Wildman–Crippen MR) is 122 cm³/mol. The summed E-state index contributed by atoms with van der Waals surface area (Å²) in [6.07, 6.45) is 11.3. The molecule has 5 nitrogen and oxygen atoms in total. The van der Waals surface area contributed by atoms with Crippen LogP contribution in [0.15, 0.2) is 46.9 Å². The Kier molecular flexibility index (Phi) is 7.17. The Hall–Kier alpha value is -3.07. The molecular formula is C25H30FN3O2. The molecule has 1 aromatic rings. The molecule has 1 unspecified atom stereocenters. The highest BCUT2D eigenvalue weighted by Gasteiger charge is 2.32. The summed E-state index contributed by atoms with van der Waals surface area (Å²) in [5.74, 6) is 2.94. The summed E-state index contributed by atoms with van der Waals surface area (Å²) < 4.78 is 20.9. The number of carbonyl (C=O) groups is 1. The monoisotopic (exact) mass is 423 g/mol. The minimum atomic E-state index is -0.403. The number of terminal acetylenes is 1. The minimum Gasteiger partial charge on any atom is -0.488 e. The van der Waals surface area contributed by atoms with Crippen LogP contribution in [0, 0.1) is 24.1 Å². The van der Waals surface area contributed by atoms with Gasteiger partial charge in [-0.05, 0) is 69.1 Å². The van der Waals surface area contributed by atoms with Crippen LogP contribution in [0.3, 0.4) is 0 Å². The molecule has 0 aromatic heterocycles. The molecule has 2 fully saturated rings. The largest absolute Gasteiger partial charge is 0.488 e. The minimum absolute atomic E-state index is 0.0254. The van der Waals surface area contributed by atoms with Crippen LogP contribution in [0.25, 0.3) is 0 Å². The highest BCUT2D eigenvalue weighted by molar-refractivity contribution is 6.09. The van der Waals surface area contributed by atoms with Gasteiger partial charge in [-0.3, -0.25) is 4.79 Å². The molecule has 0 spiro atoms. The topological polar surface area (TPSA) is 67.9 Å². The fourth-order valence-electron chi connectivity index (χ4n) is 4.47. The zero-order valence-corrected chi connectivity index (χ0v) is 18.2. The lowest BCUT2D eigenvalue weighted by molar-refractivity contribution is -0.114. The lowest BCUT2D eigenvalue weighted by atomic mass is 9.77. The van der Waals surface area contributed by atoms with E-state index >= 15 is 4.39 Å². The molecule has 3 rings (SSSR count). The number of aliphatic imine (C=N–C) groups is 1. The maximum atomic E-state index is 15.1. The number of carbonyl (C=O) groups excluding carboxylic acids is 1. The number of anilines is 1. The van der Waals surface area contributed by atoms with Gasteiger partial charge in [-0.2, -0.15) is 0 Å². The second-order valence-corrected chi connectivity index (χ2v) is 8.25. The second kappa shape index (κ2) is 9.82. The molecule has 2 N–H and O–H groups in total. The fraction of sp³-hybridized carbons (Fsp3) is 0.440. The highest BCUT2D eigenvalue weighted by Crippen LogP contribution is 2.39. The maximum absolute atomic E-state index is 15.1. The van der Waals surface area contributed by atoms with E-state index in [0.29, 0.717) is 17.2 Å². The third kappa shape index (κ3) is 4.99. The van der Waals surface area contributed by atoms with E-state index < -0.39 is 5.91 Å². The van der Waals surface area contributed by atoms with Crippen LogP contribution in [-0.2, 0) is 9.53 Å². The van der Waals surface area contributed by atoms with Crippen molar-refractivity contribution in [3.05, 3.63) is 53.3 Å². The quantitative estimate of drug-likeness (QED) is 0.435. The molecule has 1 amide bonds. The summed E-state index contributed by atoms with van der Waals surface area (Å²) in [5.41, 5.74) is 7.24. The molecule has 1 aliphatic carbocycles. The Labute approximate surface area is 183 Å². The average Bonchev–Trinajstić information content (AvgIpc) is 2.84. The maximum Gasteiger partial charge on any atom is 0.265 e. The molecule has 0 radical (unpaired) electrons. The van der Waals surface area contributed by atoms with Crippen molar-refractivity contribution >= 4 is 17.8 Å². The molecule has 164 valence electrons. The zero-order valence-electron chi connectivity index (χ0n) is 18.2. The summed E-state index contributed by atoms with van der Waals surface area (Å²) in [5, 5.41) is 0. The first-order valence-electron chi connectivity index (χ1n) is 10.7. The number of hydrogen-bond acceptors (Lipinski definition) is 4. The summed E-state index contributed by atoms with van der Waals surface area (Å²) in [6, 6.07) is 5.02. The summed E-state index contributed by atoms with van der Waals surface area (Å²) in [4.78, 5) is 18.7. The van der Waals surface area contributed by atoms with Crippen molar-refractivity contribution in [1.82, 2.24) is 0 Å². The van der Waals surface area contributed by atoms with Gasteiger partial charge in [-0.15, -0.1) is 12.3 Å². The van der Waals surface area contributed by atoms with Crippen molar-refractivity contribution in [2.75, 3.05) is 11.4 Å². The summed E-state index contributed by atoms with van der Waals surface area (Å²) in [6.45, 7) is 7.61. The first kappa shape index (κ1) is 22.6.